The Labute approximate surface area is 379 Å². The van der Waals surface area contributed by atoms with E-state index in [0.717, 1.165) is 70.6 Å². The molecule has 0 aliphatic rings. The molecule has 0 fully saturated rings. The molecule has 0 radical (unpaired) electrons. The monoisotopic (exact) mass is 859 g/mol. The fourth-order valence-corrected chi connectivity index (χ4v) is 7.89. The second-order valence-corrected chi connectivity index (χ2v) is 18.1. The van der Waals surface area contributed by atoms with Crippen LogP contribution in [0.1, 0.15) is 284 Å². The molecule has 0 saturated heterocycles. The van der Waals surface area contributed by atoms with Gasteiger partial charge < -0.3 is 14.2 Å². The topological polar surface area (TPSA) is 78.9 Å². The molecule has 0 aliphatic carbocycles. The average molecular weight is 859 g/mol. The van der Waals surface area contributed by atoms with Crippen molar-refractivity contribution in [2.45, 2.75) is 284 Å². The summed E-state index contributed by atoms with van der Waals surface area (Å²) in [6.07, 6.45) is 56.9. The SMILES string of the molecule is CCCCCCCCC=CCCCCCCCOC(=O)CC(CC(=O)OCCCCCCCCCCCCCCC)C(=O)OCCCCCCCC=CCCCCCCCC. The second kappa shape index (κ2) is 50.5. The van der Waals surface area contributed by atoms with E-state index in [1.165, 1.54) is 180 Å². The molecular weight excluding hydrogens is 757 g/mol. The van der Waals surface area contributed by atoms with E-state index in [0.29, 0.717) is 19.8 Å². The molecule has 0 heterocycles. The second-order valence-electron chi connectivity index (χ2n) is 18.1. The number of carbonyl (C=O) groups is 3. The molecule has 358 valence electrons. The Balaban J connectivity index is 4.39. The largest absolute Gasteiger partial charge is 0.466 e. The Morgan fingerprint density at radius 2 is 0.541 bits per heavy atom. The quantitative estimate of drug-likeness (QED) is 0.0262. The van der Waals surface area contributed by atoms with E-state index in [1.807, 2.05) is 0 Å². The molecule has 6 nitrogen and oxygen atoms in total. The van der Waals surface area contributed by atoms with Crippen LogP contribution in [0.3, 0.4) is 0 Å². The summed E-state index contributed by atoms with van der Waals surface area (Å²) in [6, 6.07) is 0. The minimum atomic E-state index is -0.871. The van der Waals surface area contributed by atoms with Gasteiger partial charge in [-0.1, -0.05) is 225 Å². The van der Waals surface area contributed by atoms with Gasteiger partial charge in [-0.2, -0.15) is 0 Å². The average Bonchev–Trinajstić information content (AvgIpc) is 3.25. The molecule has 0 rings (SSSR count). The van der Waals surface area contributed by atoms with Gasteiger partial charge in [-0.25, -0.2) is 0 Å². The Hall–Kier alpha value is -2.11. The fourth-order valence-electron chi connectivity index (χ4n) is 7.89. The Kier molecular flexibility index (Phi) is 48.8. The number of ether oxygens (including phenoxy) is 3. The molecule has 0 spiro atoms. The number of unbranched alkanes of at least 4 members (excludes halogenated alkanes) is 34. The predicted molar refractivity (Wildman–Crippen MR) is 261 cm³/mol. The standard InChI is InChI=1S/C55H102O6/c1-4-7-10-13-16-19-22-25-27-30-33-36-39-42-45-48-60-54(57)51-52(50-53(56)59-47-44-41-38-35-32-29-24-21-18-15-12-9-6-3)55(58)61-49-46-43-40-37-34-31-28-26-23-20-17-14-11-8-5-2/h25-28,52H,4-24,29-51H2,1-3H3. The molecular formula is C55H102O6. The van der Waals surface area contributed by atoms with Crippen molar-refractivity contribution in [1.29, 1.82) is 0 Å². The molecule has 0 saturated carbocycles. The summed E-state index contributed by atoms with van der Waals surface area (Å²) in [5, 5.41) is 0. The number of carbonyl (C=O) groups excluding carboxylic acids is 3. The Morgan fingerprint density at radius 1 is 0.311 bits per heavy atom. The first-order valence-corrected chi connectivity index (χ1v) is 26.8. The molecule has 0 aromatic carbocycles. The van der Waals surface area contributed by atoms with Crippen LogP contribution in [-0.2, 0) is 28.6 Å². The van der Waals surface area contributed by atoms with E-state index >= 15 is 0 Å². The van der Waals surface area contributed by atoms with Crippen LogP contribution in [0.4, 0.5) is 0 Å². The van der Waals surface area contributed by atoms with Crippen molar-refractivity contribution in [3.63, 3.8) is 0 Å². The van der Waals surface area contributed by atoms with E-state index in [-0.39, 0.29) is 12.8 Å². The maximum atomic E-state index is 13.1. The van der Waals surface area contributed by atoms with Gasteiger partial charge >= 0.3 is 17.9 Å². The predicted octanol–water partition coefficient (Wildman–Crippen LogP) is 17.4. The van der Waals surface area contributed by atoms with Crippen LogP contribution >= 0.6 is 0 Å². The van der Waals surface area contributed by atoms with Crippen molar-refractivity contribution in [3.8, 4) is 0 Å². The minimum absolute atomic E-state index is 0.147. The van der Waals surface area contributed by atoms with Crippen LogP contribution < -0.4 is 0 Å². The molecule has 1 atom stereocenters. The van der Waals surface area contributed by atoms with Gasteiger partial charge in [-0.3, -0.25) is 14.4 Å². The zero-order chi connectivity index (χ0) is 44.4. The number of hydrogen-bond donors (Lipinski definition) is 0. The van der Waals surface area contributed by atoms with Gasteiger partial charge in [0.2, 0.25) is 0 Å². The van der Waals surface area contributed by atoms with Crippen LogP contribution in [0.2, 0.25) is 0 Å². The lowest BCUT2D eigenvalue weighted by Gasteiger charge is -2.15. The van der Waals surface area contributed by atoms with Crippen LogP contribution in [0, 0.1) is 5.92 Å². The van der Waals surface area contributed by atoms with Crippen molar-refractivity contribution < 1.29 is 28.6 Å². The highest BCUT2D eigenvalue weighted by Crippen LogP contribution is 2.17. The first-order valence-electron chi connectivity index (χ1n) is 26.8. The number of hydrogen-bond acceptors (Lipinski definition) is 6. The molecule has 0 amide bonds. The zero-order valence-electron chi connectivity index (χ0n) is 40.9. The van der Waals surface area contributed by atoms with E-state index in [9.17, 15) is 14.4 Å². The van der Waals surface area contributed by atoms with Crippen molar-refractivity contribution in [3.05, 3.63) is 24.3 Å². The Bertz CT molecular complexity index is 989. The normalized spacial score (nSPS) is 12.1. The van der Waals surface area contributed by atoms with Crippen molar-refractivity contribution in [2.75, 3.05) is 19.8 Å². The van der Waals surface area contributed by atoms with Gasteiger partial charge in [0.1, 0.15) is 0 Å². The third-order valence-corrected chi connectivity index (χ3v) is 12.0. The van der Waals surface area contributed by atoms with Gasteiger partial charge in [0, 0.05) is 0 Å². The molecule has 1 unspecified atom stereocenters. The zero-order valence-corrected chi connectivity index (χ0v) is 40.9. The third kappa shape index (κ3) is 47.2. The number of rotatable bonds is 49. The van der Waals surface area contributed by atoms with Crippen LogP contribution in [-0.4, -0.2) is 37.7 Å². The van der Waals surface area contributed by atoms with Crippen molar-refractivity contribution in [2.24, 2.45) is 5.92 Å². The van der Waals surface area contributed by atoms with Gasteiger partial charge in [-0.15, -0.1) is 0 Å². The first-order chi connectivity index (χ1) is 30.0. The maximum Gasteiger partial charge on any atom is 0.310 e. The lowest BCUT2D eigenvalue weighted by molar-refractivity contribution is -0.159. The number of esters is 3. The van der Waals surface area contributed by atoms with E-state index < -0.39 is 23.8 Å². The third-order valence-electron chi connectivity index (χ3n) is 12.0. The molecule has 0 bridgehead atoms. The van der Waals surface area contributed by atoms with Gasteiger partial charge in [0.05, 0.1) is 38.6 Å². The molecule has 0 aromatic heterocycles. The molecule has 0 aromatic rings. The molecule has 6 heteroatoms. The summed E-state index contributed by atoms with van der Waals surface area (Å²) in [7, 11) is 0. The first kappa shape index (κ1) is 58.9. The summed E-state index contributed by atoms with van der Waals surface area (Å²) >= 11 is 0. The Morgan fingerprint density at radius 3 is 0.820 bits per heavy atom. The van der Waals surface area contributed by atoms with Crippen LogP contribution in [0.5, 0.6) is 0 Å². The van der Waals surface area contributed by atoms with E-state index in [1.54, 1.807) is 0 Å². The van der Waals surface area contributed by atoms with E-state index in [4.69, 9.17) is 14.2 Å². The molecule has 61 heavy (non-hydrogen) atoms. The lowest BCUT2D eigenvalue weighted by Crippen LogP contribution is -2.26. The van der Waals surface area contributed by atoms with Gasteiger partial charge in [0.15, 0.2) is 0 Å². The maximum absolute atomic E-state index is 13.1. The summed E-state index contributed by atoms with van der Waals surface area (Å²) in [5.74, 6) is -2.25. The molecule has 0 N–H and O–H groups in total. The highest BCUT2D eigenvalue weighted by Gasteiger charge is 2.28. The fraction of sp³-hybridized carbons (Fsp3) is 0.873. The highest BCUT2D eigenvalue weighted by molar-refractivity contribution is 5.84. The molecule has 0 aliphatic heterocycles. The summed E-state index contributed by atoms with van der Waals surface area (Å²) < 4.78 is 16.7. The van der Waals surface area contributed by atoms with Gasteiger partial charge in [0.25, 0.3) is 0 Å². The number of allylic oxidation sites excluding steroid dienone is 4. The van der Waals surface area contributed by atoms with Gasteiger partial charge in [-0.05, 0) is 70.6 Å². The summed E-state index contributed by atoms with van der Waals surface area (Å²) in [5.41, 5.74) is 0. The van der Waals surface area contributed by atoms with Crippen LogP contribution in [0.15, 0.2) is 24.3 Å². The minimum Gasteiger partial charge on any atom is -0.466 e. The lowest BCUT2D eigenvalue weighted by atomic mass is 10.0. The smallest absolute Gasteiger partial charge is 0.310 e. The van der Waals surface area contributed by atoms with E-state index in [2.05, 4.69) is 45.1 Å². The summed E-state index contributed by atoms with van der Waals surface area (Å²) in [4.78, 5) is 38.8. The highest BCUT2D eigenvalue weighted by atomic mass is 16.5. The van der Waals surface area contributed by atoms with Crippen molar-refractivity contribution in [1.82, 2.24) is 0 Å². The summed E-state index contributed by atoms with van der Waals surface area (Å²) in [6.45, 7) is 7.80. The van der Waals surface area contributed by atoms with Crippen LogP contribution in [0.25, 0.3) is 0 Å². The van der Waals surface area contributed by atoms with Crippen molar-refractivity contribution >= 4 is 17.9 Å².